The predicted octanol–water partition coefficient (Wildman–Crippen LogP) is 0.238. The average molecular weight is 262 g/mol. The minimum atomic E-state index is -0.116. The van der Waals surface area contributed by atoms with Crippen molar-refractivity contribution in [3.63, 3.8) is 0 Å². The van der Waals surface area contributed by atoms with E-state index in [1.165, 1.54) is 0 Å². The average Bonchev–Trinajstić information content (AvgIpc) is 2.54. The fourth-order valence-electron chi connectivity index (χ4n) is 2.47. The Morgan fingerprint density at radius 1 is 1.58 bits per heavy atom. The second-order valence-corrected chi connectivity index (χ2v) is 5.21. The molecule has 1 fully saturated rings. The Balaban J connectivity index is 2.14. The van der Waals surface area contributed by atoms with E-state index in [2.05, 4.69) is 33.5 Å². The van der Waals surface area contributed by atoms with E-state index < -0.39 is 0 Å². The molecule has 1 saturated heterocycles. The van der Waals surface area contributed by atoms with Gasteiger partial charge in [0.1, 0.15) is 6.04 Å². The maximum absolute atomic E-state index is 12.1. The van der Waals surface area contributed by atoms with E-state index in [9.17, 15) is 4.79 Å². The van der Waals surface area contributed by atoms with E-state index >= 15 is 0 Å². The molecule has 19 heavy (non-hydrogen) atoms. The zero-order valence-electron chi connectivity index (χ0n) is 11.6. The molecule has 5 heteroatoms. The van der Waals surface area contributed by atoms with Gasteiger partial charge in [-0.1, -0.05) is 13.0 Å². The molecular formula is C14H22N4O. The summed E-state index contributed by atoms with van der Waals surface area (Å²) < 4.78 is 0. The summed E-state index contributed by atoms with van der Waals surface area (Å²) in [5, 5.41) is 6.12. The normalized spacial score (nSPS) is 24.8. The minimum Gasteiger partial charge on any atom is -0.354 e. The van der Waals surface area contributed by atoms with Gasteiger partial charge in [0.05, 0.1) is 0 Å². The van der Waals surface area contributed by atoms with Crippen LogP contribution in [-0.2, 0) is 11.3 Å². The van der Waals surface area contributed by atoms with Crippen molar-refractivity contribution in [2.45, 2.75) is 19.5 Å². The van der Waals surface area contributed by atoms with Gasteiger partial charge in [0.15, 0.2) is 0 Å². The van der Waals surface area contributed by atoms with Crippen molar-refractivity contribution in [1.82, 2.24) is 20.5 Å². The fourth-order valence-corrected chi connectivity index (χ4v) is 2.47. The van der Waals surface area contributed by atoms with Crippen LogP contribution in [0.3, 0.4) is 0 Å². The molecule has 1 aliphatic rings. The number of carbonyl (C=O) groups is 1. The SMILES string of the molecule is CNCC1C(=O)NCC(C)CN1Cc1cccnc1. The lowest BCUT2D eigenvalue weighted by Crippen LogP contribution is -2.49. The smallest absolute Gasteiger partial charge is 0.238 e. The van der Waals surface area contributed by atoms with Crippen molar-refractivity contribution in [3.05, 3.63) is 30.1 Å². The zero-order valence-corrected chi connectivity index (χ0v) is 11.6. The van der Waals surface area contributed by atoms with Crippen molar-refractivity contribution >= 4 is 5.91 Å². The van der Waals surface area contributed by atoms with Crippen LogP contribution in [0.15, 0.2) is 24.5 Å². The molecular weight excluding hydrogens is 240 g/mol. The molecule has 0 saturated carbocycles. The Kier molecular flexibility index (Phi) is 4.87. The van der Waals surface area contributed by atoms with Gasteiger partial charge in [-0.05, 0) is 24.6 Å². The molecule has 0 aromatic carbocycles. The second-order valence-electron chi connectivity index (χ2n) is 5.21. The molecule has 1 amide bonds. The number of pyridine rings is 1. The Morgan fingerprint density at radius 2 is 2.42 bits per heavy atom. The van der Waals surface area contributed by atoms with E-state index in [1.807, 2.05) is 19.3 Å². The summed E-state index contributed by atoms with van der Waals surface area (Å²) in [7, 11) is 1.88. The molecule has 2 unspecified atom stereocenters. The molecule has 5 nitrogen and oxygen atoms in total. The summed E-state index contributed by atoms with van der Waals surface area (Å²) in [4.78, 5) is 18.5. The van der Waals surface area contributed by atoms with Gasteiger partial charge in [-0.25, -0.2) is 0 Å². The molecule has 2 rings (SSSR count). The van der Waals surface area contributed by atoms with Crippen LogP contribution in [0.4, 0.5) is 0 Å². The number of nitrogens with zero attached hydrogens (tertiary/aromatic N) is 2. The molecule has 0 radical (unpaired) electrons. The number of nitrogens with one attached hydrogen (secondary N) is 2. The van der Waals surface area contributed by atoms with Crippen molar-refractivity contribution in [1.29, 1.82) is 0 Å². The van der Waals surface area contributed by atoms with E-state index in [0.717, 1.165) is 25.2 Å². The van der Waals surface area contributed by atoms with Gasteiger partial charge in [0, 0.05) is 38.6 Å². The lowest BCUT2D eigenvalue weighted by atomic mass is 10.1. The van der Waals surface area contributed by atoms with Crippen molar-refractivity contribution in [2.24, 2.45) is 5.92 Å². The highest BCUT2D eigenvalue weighted by Crippen LogP contribution is 2.13. The molecule has 1 aromatic heterocycles. The fraction of sp³-hybridized carbons (Fsp3) is 0.571. The van der Waals surface area contributed by atoms with Gasteiger partial charge in [-0.3, -0.25) is 14.7 Å². The maximum atomic E-state index is 12.1. The van der Waals surface area contributed by atoms with Gasteiger partial charge in [-0.15, -0.1) is 0 Å². The van der Waals surface area contributed by atoms with Crippen molar-refractivity contribution in [2.75, 3.05) is 26.7 Å². The number of hydrogen-bond acceptors (Lipinski definition) is 4. The first-order valence-corrected chi connectivity index (χ1v) is 6.76. The number of hydrogen-bond donors (Lipinski definition) is 2. The quantitative estimate of drug-likeness (QED) is 0.816. The number of likely N-dealkylation sites (N-methyl/N-ethyl adjacent to an activating group) is 1. The summed E-state index contributed by atoms with van der Waals surface area (Å²) in [6.07, 6.45) is 3.64. The highest BCUT2D eigenvalue weighted by molar-refractivity contribution is 5.82. The largest absolute Gasteiger partial charge is 0.354 e. The van der Waals surface area contributed by atoms with E-state index in [4.69, 9.17) is 0 Å². The van der Waals surface area contributed by atoms with Crippen LogP contribution >= 0.6 is 0 Å². The van der Waals surface area contributed by atoms with Crippen LogP contribution in [0.1, 0.15) is 12.5 Å². The zero-order chi connectivity index (χ0) is 13.7. The summed E-state index contributed by atoms with van der Waals surface area (Å²) >= 11 is 0. The van der Waals surface area contributed by atoms with Gasteiger partial charge in [-0.2, -0.15) is 0 Å². The first-order chi connectivity index (χ1) is 9.20. The molecule has 0 spiro atoms. The molecule has 0 bridgehead atoms. The third-order valence-corrected chi connectivity index (χ3v) is 3.42. The van der Waals surface area contributed by atoms with Gasteiger partial charge >= 0.3 is 0 Å². The number of aromatic nitrogens is 1. The molecule has 2 heterocycles. The number of carbonyl (C=O) groups excluding carboxylic acids is 1. The van der Waals surface area contributed by atoms with Crippen LogP contribution in [0.5, 0.6) is 0 Å². The summed E-state index contributed by atoms with van der Waals surface area (Å²) in [6, 6.07) is 3.87. The molecule has 104 valence electrons. The van der Waals surface area contributed by atoms with Gasteiger partial charge < -0.3 is 10.6 Å². The summed E-state index contributed by atoms with van der Waals surface area (Å²) in [5.74, 6) is 0.574. The molecule has 2 N–H and O–H groups in total. The van der Waals surface area contributed by atoms with E-state index in [0.29, 0.717) is 12.5 Å². The maximum Gasteiger partial charge on any atom is 0.238 e. The van der Waals surface area contributed by atoms with Crippen LogP contribution in [0, 0.1) is 5.92 Å². The molecule has 0 aliphatic carbocycles. The molecule has 1 aromatic rings. The van der Waals surface area contributed by atoms with E-state index in [1.54, 1.807) is 6.20 Å². The summed E-state index contributed by atoms with van der Waals surface area (Å²) in [6.45, 7) is 5.26. The second kappa shape index (κ2) is 6.63. The van der Waals surface area contributed by atoms with Crippen molar-refractivity contribution in [3.8, 4) is 0 Å². The first-order valence-electron chi connectivity index (χ1n) is 6.76. The van der Waals surface area contributed by atoms with Gasteiger partial charge in [0.2, 0.25) is 5.91 Å². The van der Waals surface area contributed by atoms with Crippen molar-refractivity contribution < 1.29 is 4.79 Å². The Bertz CT molecular complexity index is 409. The van der Waals surface area contributed by atoms with Crippen LogP contribution in [0.2, 0.25) is 0 Å². The van der Waals surface area contributed by atoms with E-state index in [-0.39, 0.29) is 11.9 Å². The highest BCUT2D eigenvalue weighted by Gasteiger charge is 2.29. The molecule has 2 atom stereocenters. The molecule has 1 aliphatic heterocycles. The highest BCUT2D eigenvalue weighted by atomic mass is 16.2. The summed E-state index contributed by atoms with van der Waals surface area (Å²) in [5.41, 5.74) is 1.14. The van der Waals surface area contributed by atoms with Crippen LogP contribution in [0.25, 0.3) is 0 Å². The lowest BCUT2D eigenvalue weighted by molar-refractivity contribution is -0.125. The first kappa shape index (κ1) is 14.0. The minimum absolute atomic E-state index is 0.114. The topological polar surface area (TPSA) is 57.3 Å². The Hall–Kier alpha value is -1.46. The van der Waals surface area contributed by atoms with Crippen LogP contribution < -0.4 is 10.6 Å². The standard InChI is InChI=1S/C14H22N4O/c1-11-6-17-14(19)13(8-15-2)18(9-11)10-12-4-3-5-16-7-12/h3-5,7,11,13,15H,6,8-10H2,1-2H3,(H,17,19). The lowest BCUT2D eigenvalue weighted by Gasteiger charge is -2.29. The third kappa shape index (κ3) is 3.75. The Labute approximate surface area is 114 Å². The van der Waals surface area contributed by atoms with Gasteiger partial charge in [0.25, 0.3) is 0 Å². The monoisotopic (exact) mass is 262 g/mol. The number of amides is 1. The Morgan fingerprint density at radius 3 is 3.11 bits per heavy atom. The van der Waals surface area contributed by atoms with Crippen LogP contribution in [-0.4, -0.2) is 48.5 Å². The third-order valence-electron chi connectivity index (χ3n) is 3.42. The predicted molar refractivity (Wildman–Crippen MR) is 74.5 cm³/mol. The number of rotatable bonds is 4.